The Morgan fingerprint density at radius 1 is 1.33 bits per heavy atom. The normalized spacial score (nSPS) is 10.6. The maximum Gasteiger partial charge on any atom is 0.309 e. The number of carbonyl (C=O) groups is 1. The molecule has 94 valence electrons. The fourth-order valence-corrected chi connectivity index (χ4v) is 2.12. The van der Waals surface area contributed by atoms with Crippen molar-refractivity contribution < 1.29 is 9.90 Å². The van der Waals surface area contributed by atoms with E-state index in [4.69, 9.17) is 5.11 Å². The van der Waals surface area contributed by atoms with Crippen LogP contribution >= 0.6 is 0 Å². The van der Waals surface area contributed by atoms with Gasteiger partial charge < -0.3 is 9.67 Å². The second-order valence-corrected chi connectivity index (χ2v) is 4.41. The maximum absolute atomic E-state index is 10.8. The van der Waals surface area contributed by atoms with Gasteiger partial charge in [-0.2, -0.15) is 0 Å². The summed E-state index contributed by atoms with van der Waals surface area (Å²) in [5, 5.41) is 8.91. The van der Waals surface area contributed by atoms with E-state index in [-0.39, 0.29) is 6.42 Å². The summed E-state index contributed by atoms with van der Waals surface area (Å²) >= 11 is 0. The zero-order valence-electron chi connectivity index (χ0n) is 10.8. The molecule has 0 amide bonds. The van der Waals surface area contributed by atoms with Gasteiger partial charge in [-0.1, -0.05) is 24.3 Å². The number of rotatable bonds is 3. The molecule has 0 aliphatic rings. The summed E-state index contributed by atoms with van der Waals surface area (Å²) in [5.74, 6) is -0.0146. The highest BCUT2D eigenvalue weighted by molar-refractivity contribution is 5.71. The first-order valence-electron chi connectivity index (χ1n) is 5.80. The second kappa shape index (κ2) is 4.64. The van der Waals surface area contributed by atoms with Crippen LogP contribution in [-0.4, -0.2) is 20.6 Å². The topological polar surface area (TPSA) is 55.1 Å². The molecule has 0 fully saturated rings. The molecule has 0 saturated carbocycles. The van der Waals surface area contributed by atoms with Crippen LogP contribution in [-0.2, 0) is 18.3 Å². The first-order valence-corrected chi connectivity index (χ1v) is 5.80. The van der Waals surface area contributed by atoms with Crippen molar-refractivity contribution in [1.29, 1.82) is 0 Å². The molecule has 18 heavy (non-hydrogen) atoms. The Balaban J connectivity index is 2.54. The highest BCUT2D eigenvalue weighted by atomic mass is 16.4. The molecule has 1 aromatic carbocycles. The van der Waals surface area contributed by atoms with Crippen LogP contribution in [0.15, 0.2) is 24.3 Å². The van der Waals surface area contributed by atoms with E-state index < -0.39 is 5.97 Å². The number of imidazole rings is 1. The number of carboxylic acids is 1. The third-order valence-corrected chi connectivity index (χ3v) is 3.12. The van der Waals surface area contributed by atoms with Gasteiger partial charge in [0.25, 0.3) is 0 Å². The third kappa shape index (κ3) is 2.14. The van der Waals surface area contributed by atoms with Crippen molar-refractivity contribution in [3.05, 3.63) is 41.2 Å². The quantitative estimate of drug-likeness (QED) is 0.901. The zero-order chi connectivity index (χ0) is 13.3. The summed E-state index contributed by atoms with van der Waals surface area (Å²) in [6.07, 6.45) is 0.00120. The van der Waals surface area contributed by atoms with Gasteiger partial charge in [-0.05, 0) is 19.4 Å². The first-order chi connectivity index (χ1) is 8.50. The molecule has 0 unspecified atom stereocenters. The second-order valence-electron chi connectivity index (χ2n) is 4.41. The molecule has 2 rings (SSSR count). The van der Waals surface area contributed by atoms with Gasteiger partial charge in [0.1, 0.15) is 5.82 Å². The minimum absolute atomic E-state index is 0.00120. The van der Waals surface area contributed by atoms with Crippen LogP contribution in [0.5, 0.6) is 0 Å². The predicted octanol–water partition coefficient (Wildman–Crippen LogP) is 2.33. The van der Waals surface area contributed by atoms with Crippen LogP contribution in [0.2, 0.25) is 0 Å². The minimum atomic E-state index is -0.836. The van der Waals surface area contributed by atoms with Crippen molar-refractivity contribution >= 4 is 5.97 Å². The van der Waals surface area contributed by atoms with Gasteiger partial charge in [-0.25, -0.2) is 4.98 Å². The molecule has 1 N–H and O–H groups in total. The van der Waals surface area contributed by atoms with E-state index in [1.807, 2.05) is 49.7 Å². The van der Waals surface area contributed by atoms with Gasteiger partial charge in [-0.3, -0.25) is 4.79 Å². The molecular formula is C14H16N2O2. The summed E-state index contributed by atoms with van der Waals surface area (Å²) in [5.41, 5.74) is 3.70. The van der Waals surface area contributed by atoms with Crippen molar-refractivity contribution in [2.45, 2.75) is 20.3 Å². The summed E-state index contributed by atoms with van der Waals surface area (Å²) in [6, 6.07) is 7.97. The molecule has 0 spiro atoms. The molecule has 0 saturated heterocycles. The van der Waals surface area contributed by atoms with Gasteiger partial charge in [0.15, 0.2) is 0 Å². The molecule has 0 bridgehead atoms. The molecule has 4 nitrogen and oxygen atoms in total. The highest BCUT2D eigenvalue weighted by Gasteiger charge is 2.16. The van der Waals surface area contributed by atoms with Gasteiger partial charge in [-0.15, -0.1) is 0 Å². The smallest absolute Gasteiger partial charge is 0.309 e. The summed E-state index contributed by atoms with van der Waals surface area (Å²) in [6.45, 7) is 3.87. The van der Waals surface area contributed by atoms with E-state index >= 15 is 0 Å². The Morgan fingerprint density at radius 2 is 2.00 bits per heavy atom. The van der Waals surface area contributed by atoms with E-state index in [1.165, 1.54) is 0 Å². The molecule has 4 heteroatoms. The number of hydrogen-bond donors (Lipinski definition) is 1. The number of hydrogen-bond acceptors (Lipinski definition) is 2. The molecule has 1 heterocycles. The lowest BCUT2D eigenvalue weighted by atomic mass is 10.1. The monoisotopic (exact) mass is 244 g/mol. The number of aliphatic carboxylic acids is 1. The lowest BCUT2D eigenvalue weighted by Gasteiger charge is -2.07. The molecule has 2 aromatic rings. The lowest BCUT2D eigenvalue weighted by Crippen LogP contribution is -2.07. The van der Waals surface area contributed by atoms with Gasteiger partial charge in [0.2, 0.25) is 0 Å². The number of aromatic nitrogens is 2. The van der Waals surface area contributed by atoms with E-state index in [2.05, 4.69) is 4.98 Å². The first kappa shape index (κ1) is 12.4. The minimum Gasteiger partial charge on any atom is -0.481 e. The Bertz CT molecular complexity index is 600. The maximum atomic E-state index is 10.8. The molecule has 1 aromatic heterocycles. The van der Waals surface area contributed by atoms with Gasteiger partial charge in [0.05, 0.1) is 17.8 Å². The van der Waals surface area contributed by atoms with E-state index in [0.717, 1.165) is 28.3 Å². The van der Waals surface area contributed by atoms with Crippen LogP contribution in [0.1, 0.15) is 17.0 Å². The lowest BCUT2D eigenvalue weighted by molar-refractivity contribution is -0.136. The fraction of sp³-hybridized carbons (Fsp3) is 0.286. The van der Waals surface area contributed by atoms with Gasteiger partial charge >= 0.3 is 5.97 Å². The van der Waals surface area contributed by atoms with Crippen molar-refractivity contribution in [2.24, 2.45) is 7.05 Å². The van der Waals surface area contributed by atoms with Gasteiger partial charge in [0, 0.05) is 12.6 Å². The SMILES string of the molecule is Cc1ccccc1-c1nc(C)c(CC(=O)O)n1C. The van der Waals surface area contributed by atoms with Crippen LogP contribution < -0.4 is 0 Å². The summed E-state index contributed by atoms with van der Waals surface area (Å²) < 4.78 is 1.87. The summed E-state index contributed by atoms with van der Waals surface area (Å²) in [7, 11) is 1.86. The molecule has 0 radical (unpaired) electrons. The fourth-order valence-electron chi connectivity index (χ4n) is 2.12. The average molecular weight is 244 g/mol. The molecular weight excluding hydrogens is 228 g/mol. The summed E-state index contributed by atoms with van der Waals surface area (Å²) in [4.78, 5) is 15.3. The van der Waals surface area contributed by atoms with Crippen LogP contribution in [0, 0.1) is 13.8 Å². The van der Waals surface area contributed by atoms with Crippen molar-refractivity contribution in [3.63, 3.8) is 0 Å². The molecule has 0 aliphatic heterocycles. The van der Waals surface area contributed by atoms with Crippen molar-refractivity contribution in [1.82, 2.24) is 9.55 Å². The number of carboxylic acid groups (broad SMARTS) is 1. The largest absolute Gasteiger partial charge is 0.481 e. The Hall–Kier alpha value is -2.10. The number of nitrogens with zero attached hydrogens (tertiary/aromatic N) is 2. The average Bonchev–Trinajstić information content (AvgIpc) is 2.57. The van der Waals surface area contributed by atoms with E-state index in [0.29, 0.717) is 0 Å². The molecule has 0 atom stereocenters. The third-order valence-electron chi connectivity index (χ3n) is 3.12. The highest BCUT2D eigenvalue weighted by Crippen LogP contribution is 2.24. The number of benzene rings is 1. The van der Waals surface area contributed by atoms with Crippen LogP contribution in [0.3, 0.4) is 0 Å². The Labute approximate surface area is 106 Å². The number of aryl methyl sites for hydroxylation is 2. The van der Waals surface area contributed by atoms with Crippen molar-refractivity contribution in [3.8, 4) is 11.4 Å². The van der Waals surface area contributed by atoms with Crippen LogP contribution in [0.4, 0.5) is 0 Å². The molecule has 0 aliphatic carbocycles. The van der Waals surface area contributed by atoms with E-state index in [9.17, 15) is 4.79 Å². The van der Waals surface area contributed by atoms with E-state index in [1.54, 1.807) is 0 Å². The standard InChI is InChI=1S/C14H16N2O2/c1-9-6-4-5-7-11(9)14-15-10(2)12(16(14)3)8-13(17)18/h4-7H,8H2,1-3H3,(H,17,18). The van der Waals surface area contributed by atoms with Crippen LogP contribution in [0.25, 0.3) is 11.4 Å². The predicted molar refractivity (Wildman–Crippen MR) is 69.5 cm³/mol. The van der Waals surface area contributed by atoms with Crippen molar-refractivity contribution in [2.75, 3.05) is 0 Å². The zero-order valence-corrected chi connectivity index (χ0v) is 10.8. The Morgan fingerprint density at radius 3 is 2.61 bits per heavy atom. The Kier molecular flexibility index (Phi) is 3.19.